The van der Waals surface area contributed by atoms with Crippen molar-refractivity contribution in [3.63, 3.8) is 0 Å². The van der Waals surface area contributed by atoms with Crippen LogP contribution in [0.3, 0.4) is 0 Å². The maximum atomic E-state index is 9.88. The van der Waals surface area contributed by atoms with E-state index in [1.165, 1.54) is 11.1 Å². The second kappa shape index (κ2) is 6.24. The number of aryl methyl sites for hydroxylation is 2. The summed E-state index contributed by atoms with van der Waals surface area (Å²) in [6.45, 7) is 8.09. The van der Waals surface area contributed by atoms with E-state index in [1.807, 2.05) is 19.9 Å². The standard InChI is InChI=1S/C13H21NO.ClH/c1-8(2)13(15)12(14)11-6-5-9(3)10(4)7-11;/h5-8,12-13,15H,14H2,1-4H3;1H/t12-,13+;/m0./s1. The second-order valence-corrected chi connectivity index (χ2v) is 4.60. The van der Waals surface area contributed by atoms with Crippen LogP contribution >= 0.6 is 12.4 Å². The first-order chi connectivity index (χ1) is 6.93. The van der Waals surface area contributed by atoms with Crippen LogP contribution in [0.4, 0.5) is 0 Å². The Kier molecular flexibility index (Phi) is 6.01. The number of benzene rings is 1. The van der Waals surface area contributed by atoms with Crippen molar-refractivity contribution in [2.45, 2.75) is 39.8 Å². The van der Waals surface area contributed by atoms with Gasteiger partial charge in [0.2, 0.25) is 0 Å². The van der Waals surface area contributed by atoms with Crippen molar-refractivity contribution in [3.05, 3.63) is 34.9 Å². The number of rotatable bonds is 3. The Morgan fingerprint density at radius 1 is 1.12 bits per heavy atom. The number of aliphatic hydroxyl groups is 1. The summed E-state index contributed by atoms with van der Waals surface area (Å²) in [6, 6.07) is 5.83. The molecule has 0 radical (unpaired) electrons. The molecule has 2 nitrogen and oxygen atoms in total. The summed E-state index contributed by atoms with van der Waals surface area (Å²) in [5, 5.41) is 9.88. The van der Waals surface area contributed by atoms with Crippen LogP contribution in [0.5, 0.6) is 0 Å². The number of hydrogen-bond donors (Lipinski definition) is 2. The van der Waals surface area contributed by atoms with Gasteiger partial charge in [-0.1, -0.05) is 32.0 Å². The molecule has 0 heterocycles. The second-order valence-electron chi connectivity index (χ2n) is 4.60. The van der Waals surface area contributed by atoms with Crippen LogP contribution in [0, 0.1) is 19.8 Å². The lowest BCUT2D eigenvalue weighted by Gasteiger charge is -2.23. The topological polar surface area (TPSA) is 46.2 Å². The molecule has 0 unspecified atom stereocenters. The van der Waals surface area contributed by atoms with Crippen LogP contribution in [-0.2, 0) is 0 Å². The molecule has 0 spiro atoms. The van der Waals surface area contributed by atoms with E-state index in [0.717, 1.165) is 5.56 Å². The van der Waals surface area contributed by atoms with E-state index in [9.17, 15) is 5.11 Å². The largest absolute Gasteiger partial charge is 0.391 e. The fourth-order valence-electron chi connectivity index (χ4n) is 1.58. The van der Waals surface area contributed by atoms with Crippen LogP contribution < -0.4 is 5.73 Å². The Morgan fingerprint density at radius 2 is 1.69 bits per heavy atom. The highest BCUT2D eigenvalue weighted by Crippen LogP contribution is 2.21. The van der Waals surface area contributed by atoms with Gasteiger partial charge in [0.05, 0.1) is 12.1 Å². The summed E-state index contributed by atoms with van der Waals surface area (Å²) >= 11 is 0. The zero-order valence-corrected chi connectivity index (χ0v) is 11.2. The van der Waals surface area contributed by atoms with Gasteiger partial charge in [-0.15, -0.1) is 12.4 Å². The minimum absolute atomic E-state index is 0. The summed E-state index contributed by atoms with van der Waals surface area (Å²) < 4.78 is 0. The van der Waals surface area contributed by atoms with Crippen molar-refractivity contribution in [1.29, 1.82) is 0 Å². The zero-order valence-electron chi connectivity index (χ0n) is 10.4. The number of hydrogen-bond acceptors (Lipinski definition) is 2. The summed E-state index contributed by atoms with van der Waals surface area (Å²) in [7, 11) is 0. The van der Waals surface area contributed by atoms with Crippen molar-refractivity contribution in [2.24, 2.45) is 11.7 Å². The smallest absolute Gasteiger partial charge is 0.0755 e. The monoisotopic (exact) mass is 243 g/mol. The Labute approximate surface area is 104 Å². The van der Waals surface area contributed by atoms with E-state index in [4.69, 9.17) is 5.73 Å². The van der Waals surface area contributed by atoms with E-state index in [1.54, 1.807) is 0 Å². The lowest BCUT2D eigenvalue weighted by atomic mass is 9.93. The Bertz CT molecular complexity index is 339. The first-order valence-electron chi connectivity index (χ1n) is 5.44. The zero-order chi connectivity index (χ0) is 11.6. The minimum Gasteiger partial charge on any atom is -0.391 e. The average Bonchev–Trinajstić information content (AvgIpc) is 2.19. The average molecular weight is 244 g/mol. The molecule has 0 saturated carbocycles. The first kappa shape index (κ1) is 15.4. The number of nitrogens with two attached hydrogens (primary N) is 1. The molecule has 3 heteroatoms. The molecule has 0 saturated heterocycles. The van der Waals surface area contributed by atoms with Crippen LogP contribution in [0.15, 0.2) is 18.2 Å². The highest BCUT2D eigenvalue weighted by Gasteiger charge is 2.19. The Balaban J connectivity index is 0.00000225. The molecular weight excluding hydrogens is 222 g/mol. The predicted molar refractivity (Wildman–Crippen MR) is 70.9 cm³/mol. The molecule has 0 aliphatic heterocycles. The fourth-order valence-corrected chi connectivity index (χ4v) is 1.58. The lowest BCUT2D eigenvalue weighted by molar-refractivity contribution is 0.0979. The summed E-state index contributed by atoms with van der Waals surface area (Å²) in [5.41, 5.74) is 9.50. The molecule has 0 aromatic heterocycles. The van der Waals surface area contributed by atoms with Gasteiger partial charge in [-0.3, -0.25) is 0 Å². The molecule has 0 aliphatic rings. The van der Waals surface area contributed by atoms with Crippen LogP contribution in [0.1, 0.15) is 36.6 Å². The Morgan fingerprint density at radius 3 is 2.12 bits per heavy atom. The predicted octanol–water partition coefficient (Wildman–Crippen LogP) is 2.74. The van der Waals surface area contributed by atoms with Gasteiger partial charge in [0.1, 0.15) is 0 Å². The van der Waals surface area contributed by atoms with Gasteiger partial charge in [-0.05, 0) is 36.5 Å². The molecule has 1 aromatic rings. The number of halogens is 1. The normalized spacial score (nSPS) is 14.4. The highest BCUT2D eigenvalue weighted by molar-refractivity contribution is 5.85. The summed E-state index contributed by atoms with van der Waals surface area (Å²) in [6.07, 6.45) is -0.480. The molecule has 2 atom stereocenters. The van der Waals surface area contributed by atoms with Gasteiger partial charge in [-0.2, -0.15) is 0 Å². The van der Waals surface area contributed by atoms with Gasteiger partial charge in [-0.25, -0.2) is 0 Å². The third-order valence-electron chi connectivity index (χ3n) is 2.97. The molecule has 0 amide bonds. The van der Waals surface area contributed by atoms with Crippen molar-refractivity contribution >= 4 is 12.4 Å². The molecule has 1 rings (SSSR count). The maximum Gasteiger partial charge on any atom is 0.0755 e. The van der Waals surface area contributed by atoms with Crippen molar-refractivity contribution in [1.82, 2.24) is 0 Å². The van der Waals surface area contributed by atoms with Gasteiger partial charge in [0.25, 0.3) is 0 Å². The molecule has 0 fully saturated rings. The van der Waals surface area contributed by atoms with E-state index in [2.05, 4.69) is 26.0 Å². The van der Waals surface area contributed by atoms with Gasteiger partial charge in [0.15, 0.2) is 0 Å². The van der Waals surface area contributed by atoms with Crippen molar-refractivity contribution < 1.29 is 5.11 Å². The Hall–Kier alpha value is -0.570. The van der Waals surface area contributed by atoms with E-state index in [-0.39, 0.29) is 24.4 Å². The van der Waals surface area contributed by atoms with E-state index < -0.39 is 6.10 Å². The van der Waals surface area contributed by atoms with Crippen LogP contribution in [0.25, 0.3) is 0 Å². The molecule has 16 heavy (non-hydrogen) atoms. The SMILES string of the molecule is Cc1ccc([C@H](N)[C@H](O)C(C)C)cc1C.Cl. The maximum absolute atomic E-state index is 9.88. The van der Waals surface area contributed by atoms with Crippen molar-refractivity contribution in [3.8, 4) is 0 Å². The first-order valence-corrected chi connectivity index (χ1v) is 5.44. The fraction of sp³-hybridized carbons (Fsp3) is 0.538. The molecule has 0 aliphatic carbocycles. The summed E-state index contributed by atoms with van der Waals surface area (Å²) in [5.74, 6) is 0.182. The van der Waals surface area contributed by atoms with Gasteiger partial charge in [0, 0.05) is 0 Å². The van der Waals surface area contributed by atoms with Gasteiger partial charge >= 0.3 is 0 Å². The summed E-state index contributed by atoms with van der Waals surface area (Å²) in [4.78, 5) is 0. The molecule has 1 aromatic carbocycles. The highest BCUT2D eigenvalue weighted by atomic mass is 35.5. The molecule has 3 N–H and O–H groups in total. The third-order valence-corrected chi connectivity index (χ3v) is 2.97. The number of aliphatic hydroxyl groups excluding tert-OH is 1. The van der Waals surface area contributed by atoms with E-state index >= 15 is 0 Å². The lowest BCUT2D eigenvalue weighted by Crippen LogP contribution is -2.30. The molecule has 0 bridgehead atoms. The quantitative estimate of drug-likeness (QED) is 0.858. The third kappa shape index (κ3) is 3.48. The molecular formula is C13H22ClNO. The van der Waals surface area contributed by atoms with E-state index in [0.29, 0.717) is 0 Å². The molecule has 92 valence electrons. The minimum atomic E-state index is -0.480. The van der Waals surface area contributed by atoms with Crippen molar-refractivity contribution in [2.75, 3.05) is 0 Å². The van der Waals surface area contributed by atoms with Gasteiger partial charge < -0.3 is 10.8 Å². The van der Waals surface area contributed by atoms with Crippen LogP contribution in [-0.4, -0.2) is 11.2 Å². The van der Waals surface area contributed by atoms with Crippen LogP contribution in [0.2, 0.25) is 0 Å².